The van der Waals surface area contributed by atoms with E-state index >= 15 is 0 Å². The molecule has 8 nitrogen and oxygen atoms in total. The monoisotopic (exact) mass is 539 g/mol. The molecular weight excluding hydrogens is 505 g/mol. The lowest BCUT2D eigenvalue weighted by atomic mass is 9.94. The summed E-state index contributed by atoms with van der Waals surface area (Å²) in [5, 5.41) is 18.0. The fourth-order valence-electron chi connectivity index (χ4n) is 4.25. The Morgan fingerprint density at radius 3 is 2.58 bits per heavy atom. The molecule has 3 atom stereocenters. The van der Waals surface area contributed by atoms with Gasteiger partial charge < -0.3 is 30.5 Å². The number of likely N-dealkylation sites (N-methyl/N-ethyl adjacent to an activating group) is 1. The van der Waals surface area contributed by atoms with Gasteiger partial charge in [0.15, 0.2) is 0 Å². The molecule has 1 saturated heterocycles. The molecular formula is C26H35Cl2N3O5. The Balaban J connectivity index is 0.00000456. The van der Waals surface area contributed by atoms with Gasteiger partial charge in [-0.1, -0.05) is 35.9 Å². The third-order valence-corrected chi connectivity index (χ3v) is 6.29. The largest absolute Gasteiger partial charge is 0.465 e. The summed E-state index contributed by atoms with van der Waals surface area (Å²) < 4.78 is 11.6. The van der Waals surface area contributed by atoms with Crippen LogP contribution >= 0.6 is 24.0 Å². The van der Waals surface area contributed by atoms with Gasteiger partial charge >= 0.3 is 6.09 Å². The van der Waals surface area contributed by atoms with Crippen molar-refractivity contribution < 1.29 is 24.2 Å². The molecule has 198 valence electrons. The Labute approximate surface area is 223 Å². The maximum atomic E-state index is 13.0. The topological polar surface area (TPSA) is 109 Å². The molecule has 1 aliphatic heterocycles. The number of carboxylic acid groups (broad SMARTS) is 1. The second-order valence-corrected chi connectivity index (χ2v) is 9.11. The van der Waals surface area contributed by atoms with E-state index in [1.807, 2.05) is 31.3 Å². The number of amides is 2. The van der Waals surface area contributed by atoms with Crippen molar-refractivity contribution in [3.63, 3.8) is 0 Å². The van der Waals surface area contributed by atoms with Crippen LogP contribution in [0.4, 0.5) is 4.79 Å². The van der Waals surface area contributed by atoms with Gasteiger partial charge in [0.1, 0.15) is 6.10 Å². The number of nitrogens with one attached hydrogen (secondary N) is 3. The first-order valence-corrected chi connectivity index (χ1v) is 12.3. The fourth-order valence-corrected chi connectivity index (χ4v) is 4.45. The van der Waals surface area contributed by atoms with Crippen molar-refractivity contribution in [3.05, 3.63) is 70.2 Å². The minimum Gasteiger partial charge on any atom is -0.465 e. The van der Waals surface area contributed by atoms with E-state index in [2.05, 4.69) is 16.0 Å². The summed E-state index contributed by atoms with van der Waals surface area (Å²) in [6.45, 7) is 2.44. The normalized spacial score (nSPS) is 16.9. The highest BCUT2D eigenvalue weighted by atomic mass is 35.5. The Morgan fingerprint density at radius 1 is 1.17 bits per heavy atom. The lowest BCUT2D eigenvalue weighted by Crippen LogP contribution is -2.41. The lowest BCUT2D eigenvalue weighted by Gasteiger charge is -2.26. The van der Waals surface area contributed by atoms with Crippen LogP contribution in [0.5, 0.6) is 0 Å². The molecule has 1 aliphatic rings. The van der Waals surface area contributed by atoms with Crippen molar-refractivity contribution >= 4 is 36.0 Å². The first-order chi connectivity index (χ1) is 17.0. The molecule has 0 aromatic heterocycles. The third kappa shape index (κ3) is 9.59. The molecule has 2 aromatic carbocycles. The number of benzene rings is 2. The average Bonchev–Trinajstić information content (AvgIpc) is 2.87. The van der Waals surface area contributed by atoms with E-state index in [9.17, 15) is 9.59 Å². The molecule has 2 aromatic rings. The second-order valence-electron chi connectivity index (χ2n) is 8.68. The van der Waals surface area contributed by atoms with Crippen LogP contribution in [-0.4, -0.2) is 63.1 Å². The standard InChI is InChI=1S/C26H34ClN3O5.ClH/c1-28-23(13-18-5-4-11-34-17-18)16-30-25(31)21-8-2-6-19(14-21)24(35-12-10-29-26(32)33)20-7-3-9-22(27)15-20;/h2-3,6-9,14-15,18,23-24,28-29H,4-5,10-13,16-17H2,1H3,(H,30,31)(H,32,33);1H/t18-,23-,24?;/m1./s1. The first-order valence-electron chi connectivity index (χ1n) is 11.9. The summed E-state index contributed by atoms with van der Waals surface area (Å²) in [4.78, 5) is 23.7. The molecule has 0 radical (unpaired) electrons. The van der Waals surface area contributed by atoms with Crippen LogP contribution < -0.4 is 16.0 Å². The SMILES string of the molecule is CN[C@@H](CNC(=O)c1cccc(C(OCCNC(=O)O)c2cccc(Cl)c2)c1)C[C@H]1CCCOC1.Cl. The zero-order valence-electron chi connectivity index (χ0n) is 20.4. The first kappa shape index (κ1) is 29.9. The Kier molecular flexibility index (Phi) is 13.0. The number of ether oxygens (including phenoxy) is 2. The smallest absolute Gasteiger partial charge is 0.404 e. The van der Waals surface area contributed by atoms with Gasteiger partial charge in [-0.2, -0.15) is 0 Å². The van der Waals surface area contributed by atoms with Gasteiger partial charge in [0.2, 0.25) is 0 Å². The van der Waals surface area contributed by atoms with Gasteiger partial charge in [-0.3, -0.25) is 4.79 Å². The number of hydrogen-bond donors (Lipinski definition) is 4. The number of halogens is 2. The van der Waals surface area contributed by atoms with E-state index in [0.717, 1.165) is 43.6 Å². The zero-order valence-corrected chi connectivity index (χ0v) is 21.9. The highest BCUT2D eigenvalue weighted by molar-refractivity contribution is 6.30. The van der Waals surface area contributed by atoms with E-state index in [-0.39, 0.29) is 37.5 Å². The number of carbonyl (C=O) groups excluding carboxylic acids is 1. The molecule has 4 N–H and O–H groups in total. The zero-order chi connectivity index (χ0) is 25.0. The molecule has 0 saturated carbocycles. The van der Waals surface area contributed by atoms with Crippen molar-refractivity contribution in [1.82, 2.24) is 16.0 Å². The summed E-state index contributed by atoms with van der Waals surface area (Å²) in [5.41, 5.74) is 2.12. The highest BCUT2D eigenvalue weighted by Crippen LogP contribution is 2.28. The van der Waals surface area contributed by atoms with Gasteiger partial charge in [0, 0.05) is 42.9 Å². The summed E-state index contributed by atoms with van der Waals surface area (Å²) >= 11 is 6.19. The summed E-state index contributed by atoms with van der Waals surface area (Å²) in [5.74, 6) is 0.344. The average molecular weight is 540 g/mol. The van der Waals surface area contributed by atoms with Gasteiger partial charge in [-0.15, -0.1) is 12.4 Å². The summed E-state index contributed by atoms with van der Waals surface area (Å²) in [6.07, 6.45) is 1.57. The molecule has 1 unspecified atom stereocenters. The van der Waals surface area contributed by atoms with Crippen LogP contribution in [0.25, 0.3) is 0 Å². The predicted molar refractivity (Wildman–Crippen MR) is 142 cm³/mol. The molecule has 2 amide bonds. The van der Waals surface area contributed by atoms with Crippen LogP contribution in [0.2, 0.25) is 5.02 Å². The van der Waals surface area contributed by atoms with Gasteiger partial charge in [-0.05, 0) is 67.6 Å². The van der Waals surface area contributed by atoms with E-state index in [4.69, 9.17) is 26.2 Å². The highest BCUT2D eigenvalue weighted by Gasteiger charge is 2.20. The second kappa shape index (κ2) is 15.7. The molecule has 1 fully saturated rings. The minimum absolute atomic E-state index is 0. The van der Waals surface area contributed by atoms with Crippen molar-refractivity contribution in [2.75, 3.05) is 40.0 Å². The van der Waals surface area contributed by atoms with Crippen LogP contribution in [0, 0.1) is 5.92 Å². The van der Waals surface area contributed by atoms with Crippen molar-refractivity contribution in [1.29, 1.82) is 0 Å². The van der Waals surface area contributed by atoms with Crippen LogP contribution in [-0.2, 0) is 9.47 Å². The maximum absolute atomic E-state index is 13.0. The third-order valence-electron chi connectivity index (χ3n) is 6.06. The van der Waals surface area contributed by atoms with E-state index in [0.29, 0.717) is 23.0 Å². The van der Waals surface area contributed by atoms with Crippen molar-refractivity contribution in [2.45, 2.75) is 31.4 Å². The van der Waals surface area contributed by atoms with Crippen LogP contribution in [0.15, 0.2) is 48.5 Å². The number of carbonyl (C=O) groups is 2. The Morgan fingerprint density at radius 2 is 1.92 bits per heavy atom. The molecule has 10 heteroatoms. The van der Waals surface area contributed by atoms with Crippen LogP contribution in [0.3, 0.4) is 0 Å². The lowest BCUT2D eigenvalue weighted by molar-refractivity contribution is 0.0478. The van der Waals surface area contributed by atoms with Gasteiger partial charge in [0.25, 0.3) is 5.91 Å². The van der Waals surface area contributed by atoms with E-state index < -0.39 is 12.2 Å². The van der Waals surface area contributed by atoms with Crippen molar-refractivity contribution in [3.8, 4) is 0 Å². The Hall–Kier alpha value is -2.36. The number of hydrogen-bond acceptors (Lipinski definition) is 5. The van der Waals surface area contributed by atoms with E-state index in [1.165, 1.54) is 0 Å². The van der Waals surface area contributed by atoms with Gasteiger partial charge in [0.05, 0.1) is 6.61 Å². The summed E-state index contributed by atoms with van der Waals surface area (Å²) in [6, 6.07) is 14.7. The van der Waals surface area contributed by atoms with Crippen LogP contribution in [0.1, 0.15) is 46.9 Å². The molecule has 0 aliphatic carbocycles. The quantitative estimate of drug-likeness (QED) is 0.300. The van der Waals surface area contributed by atoms with Crippen molar-refractivity contribution in [2.24, 2.45) is 5.92 Å². The fraction of sp³-hybridized carbons (Fsp3) is 0.462. The molecule has 1 heterocycles. The molecule has 0 bridgehead atoms. The predicted octanol–water partition coefficient (Wildman–Crippen LogP) is 4.27. The molecule has 0 spiro atoms. The molecule has 36 heavy (non-hydrogen) atoms. The molecule has 3 rings (SSSR count). The van der Waals surface area contributed by atoms with E-state index in [1.54, 1.807) is 24.3 Å². The van der Waals surface area contributed by atoms with Gasteiger partial charge in [-0.25, -0.2) is 4.79 Å². The number of rotatable bonds is 12. The minimum atomic E-state index is -1.11. The summed E-state index contributed by atoms with van der Waals surface area (Å²) in [7, 11) is 1.91. The maximum Gasteiger partial charge on any atom is 0.404 e. The Bertz CT molecular complexity index is 972.